The number of nitrogens with one attached hydrogen (secondary N) is 1. The van der Waals surface area contributed by atoms with E-state index in [2.05, 4.69) is 30.3 Å². The predicted octanol–water partition coefficient (Wildman–Crippen LogP) is 3.31. The molecule has 2 aromatic rings. The second kappa shape index (κ2) is 9.56. The van der Waals surface area contributed by atoms with E-state index < -0.39 is 5.76 Å². The Morgan fingerprint density at radius 2 is 1.92 bits per heavy atom. The Morgan fingerprint density at radius 1 is 1.19 bits per heavy atom. The Kier molecular flexibility index (Phi) is 7.14. The molecule has 138 valence electrons. The van der Waals surface area contributed by atoms with Gasteiger partial charge in [0, 0.05) is 12.1 Å². The molecular weight excluding hydrogens is 330 g/mol. The molecule has 1 aromatic carbocycles. The minimum absolute atomic E-state index is 0.167. The minimum Gasteiger partial charge on any atom is -0.388 e. The van der Waals surface area contributed by atoms with Crippen LogP contribution in [-0.4, -0.2) is 22.2 Å². The summed E-state index contributed by atoms with van der Waals surface area (Å²) in [7, 11) is 0. The molecule has 0 aliphatic rings. The van der Waals surface area contributed by atoms with E-state index in [-0.39, 0.29) is 18.3 Å². The second-order valence-corrected chi connectivity index (χ2v) is 6.37. The van der Waals surface area contributed by atoms with Gasteiger partial charge in [0.25, 0.3) is 0 Å². The normalized spacial score (nSPS) is 11.3. The molecule has 0 fully saturated rings. The lowest BCUT2D eigenvalue weighted by molar-refractivity contribution is -0.121. The van der Waals surface area contributed by atoms with Crippen LogP contribution in [0.15, 0.2) is 62.8 Å². The van der Waals surface area contributed by atoms with Crippen molar-refractivity contribution in [2.45, 2.75) is 40.2 Å². The van der Waals surface area contributed by atoms with Crippen LogP contribution in [0.1, 0.15) is 33.6 Å². The van der Waals surface area contributed by atoms with Crippen LogP contribution in [0.2, 0.25) is 0 Å². The number of amides is 1. The van der Waals surface area contributed by atoms with E-state index in [1.807, 2.05) is 31.2 Å². The van der Waals surface area contributed by atoms with Gasteiger partial charge in [-0.1, -0.05) is 41.5 Å². The Hall–Kier alpha value is -2.89. The van der Waals surface area contributed by atoms with E-state index in [9.17, 15) is 9.59 Å². The SMILES string of the molecule is CC(C)=CCCC(C)=CCNC(=O)Cn1nc(-c2ccccc2)oc1=O. The topological polar surface area (TPSA) is 77.1 Å². The van der Waals surface area contributed by atoms with Gasteiger partial charge in [-0.3, -0.25) is 4.79 Å². The van der Waals surface area contributed by atoms with Crippen molar-refractivity contribution in [1.82, 2.24) is 15.1 Å². The molecular formula is C20H25N3O3. The maximum absolute atomic E-state index is 12.0. The molecule has 26 heavy (non-hydrogen) atoms. The second-order valence-electron chi connectivity index (χ2n) is 6.37. The fourth-order valence-electron chi connectivity index (χ4n) is 2.33. The number of hydrogen-bond acceptors (Lipinski definition) is 4. The van der Waals surface area contributed by atoms with E-state index in [1.165, 1.54) is 11.1 Å². The summed E-state index contributed by atoms with van der Waals surface area (Å²) >= 11 is 0. The molecule has 0 bridgehead atoms. The highest BCUT2D eigenvalue weighted by molar-refractivity contribution is 5.75. The highest BCUT2D eigenvalue weighted by Crippen LogP contribution is 2.13. The minimum atomic E-state index is -0.646. The van der Waals surface area contributed by atoms with Crippen molar-refractivity contribution in [2.24, 2.45) is 0 Å². The molecule has 1 aromatic heterocycles. The van der Waals surface area contributed by atoms with Crippen molar-refractivity contribution in [3.63, 3.8) is 0 Å². The summed E-state index contributed by atoms with van der Waals surface area (Å²) < 4.78 is 6.14. The summed E-state index contributed by atoms with van der Waals surface area (Å²) in [6.45, 7) is 6.46. The number of hydrogen-bond donors (Lipinski definition) is 1. The zero-order valence-electron chi connectivity index (χ0n) is 15.5. The van der Waals surface area contributed by atoms with Gasteiger partial charge in [0.05, 0.1) is 0 Å². The molecule has 1 heterocycles. The molecule has 1 amide bonds. The monoisotopic (exact) mass is 355 g/mol. The Morgan fingerprint density at radius 3 is 2.62 bits per heavy atom. The highest BCUT2D eigenvalue weighted by Gasteiger charge is 2.12. The van der Waals surface area contributed by atoms with Crippen LogP contribution in [0.4, 0.5) is 0 Å². The molecule has 0 aliphatic carbocycles. The summed E-state index contributed by atoms with van der Waals surface area (Å²) in [5, 5.41) is 6.84. The van der Waals surface area contributed by atoms with E-state index in [4.69, 9.17) is 4.42 Å². The van der Waals surface area contributed by atoms with Gasteiger partial charge >= 0.3 is 5.76 Å². The summed E-state index contributed by atoms with van der Waals surface area (Å²) in [6.07, 6.45) is 6.13. The zero-order valence-corrected chi connectivity index (χ0v) is 15.5. The number of rotatable bonds is 8. The number of benzene rings is 1. The first-order valence-corrected chi connectivity index (χ1v) is 8.65. The van der Waals surface area contributed by atoms with E-state index >= 15 is 0 Å². The molecule has 0 saturated carbocycles. The number of carbonyl (C=O) groups excluding carboxylic acids is 1. The molecule has 1 N–H and O–H groups in total. The van der Waals surface area contributed by atoms with Crippen molar-refractivity contribution in [2.75, 3.05) is 6.54 Å². The maximum Gasteiger partial charge on any atom is 0.437 e. The van der Waals surface area contributed by atoms with Crippen molar-refractivity contribution in [1.29, 1.82) is 0 Å². The van der Waals surface area contributed by atoms with Crippen molar-refractivity contribution >= 4 is 5.91 Å². The van der Waals surface area contributed by atoms with Crippen LogP contribution in [0, 0.1) is 0 Å². The quantitative estimate of drug-likeness (QED) is 0.737. The van der Waals surface area contributed by atoms with Crippen LogP contribution in [0.25, 0.3) is 11.5 Å². The zero-order chi connectivity index (χ0) is 18.9. The lowest BCUT2D eigenvalue weighted by atomic mass is 10.1. The van der Waals surface area contributed by atoms with Gasteiger partial charge in [0.15, 0.2) is 0 Å². The molecule has 0 atom stereocenters. The van der Waals surface area contributed by atoms with Crippen molar-refractivity contribution in [3.05, 3.63) is 64.2 Å². The Labute approximate surface area is 153 Å². The summed E-state index contributed by atoms with van der Waals surface area (Å²) in [5.41, 5.74) is 3.21. The van der Waals surface area contributed by atoms with Gasteiger partial charge in [-0.2, -0.15) is 4.68 Å². The molecule has 0 unspecified atom stereocenters. The maximum atomic E-state index is 12.0. The number of allylic oxidation sites excluding steroid dienone is 3. The van der Waals surface area contributed by atoms with Gasteiger partial charge in [-0.05, 0) is 45.7 Å². The van der Waals surface area contributed by atoms with Gasteiger partial charge in [-0.15, -0.1) is 5.10 Å². The fourth-order valence-corrected chi connectivity index (χ4v) is 2.33. The van der Waals surface area contributed by atoms with Crippen LogP contribution < -0.4 is 11.1 Å². The summed E-state index contributed by atoms with van der Waals surface area (Å²) in [4.78, 5) is 23.8. The lowest BCUT2D eigenvalue weighted by Gasteiger charge is -2.03. The fraction of sp³-hybridized carbons (Fsp3) is 0.350. The smallest absolute Gasteiger partial charge is 0.388 e. The highest BCUT2D eigenvalue weighted by atomic mass is 16.4. The first kappa shape index (κ1) is 19.4. The van der Waals surface area contributed by atoms with E-state index in [1.54, 1.807) is 12.1 Å². The van der Waals surface area contributed by atoms with Crippen LogP contribution >= 0.6 is 0 Å². The number of carbonyl (C=O) groups is 1. The average molecular weight is 355 g/mol. The lowest BCUT2D eigenvalue weighted by Crippen LogP contribution is -2.31. The van der Waals surface area contributed by atoms with Gasteiger partial charge in [0.2, 0.25) is 11.8 Å². The molecule has 0 saturated heterocycles. The molecule has 0 spiro atoms. The third kappa shape index (κ3) is 6.20. The Balaban J connectivity index is 1.86. The average Bonchev–Trinajstić information content (AvgIpc) is 2.96. The van der Waals surface area contributed by atoms with Crippen LogP contribution in [0.5, 0.6) is 0 Å². The third-order valence-electron chi connectivity index (χ3n) is 3.76. The molecule has 0 radical (unpaired) electrons. The molecule has 6 nitrogen and oxygen atoms in total. The first-order valence-electron chi connectivity index (χ1n) is 8.65. The number of nitrogens with zero attached hydrogens (tertiary/aromatic N) is 2. The first-order chi connectivity index (χ1) is 12.5. The van der Waals surface area contributed by atoms with Crippen molar-refractivity contribution in [3.8, 4) is 11.5 Å². The van der Waals surface area contributed by atoms with Gasteiger partial charge in [0.1, 0.15) is 6.54 Å². The number of aromatic nitrogens is 2. The molecule has 6 heteroatoms. The van der Waals surface area contributed by atoms with Gasteiger partial charge < -0.3 is 9.73 Å². The van der Waals surface area contributed by atoms with E-state index in [0.29, 0.717) is 12.1 Å². The third-order valence-corrected chi connectivity index (χ3v) is 3.76. The summed E-state index contributed by atoms with van der Waals surface area (Å²) in [5.74, 6) is -0.723. The predicted molar refractivity (Wildman–Crippen MR) is 102 cm³/mol. The molecule has 2 rings (SSSR count). The van der Waals surface area contributed by atoms with Gasteiger partial charge in [-0.25, -0.2) is 4.79 Å². The van der Waals surface area contributed by atoms with Crippen LogP contribution in [-0.2, 0) is 11.3 Å². The van der Waals surface area contributed by atoms with Crippen molar-refractivity contribution < 1.29 is 9.21 Å². The Bertz CT molecular complexity index is 841. The van der Waals surface area contributed by atoms with E-state index in [0.717, 1.165) is 17.5 Å². The summed E-state index contributed by atoms with van der Waals surface area (Å²) in [6, 6.07) is 9.10. The molecule has 0 aliphatic heterocycles. The largest absolute Gasteiger partial charge is 0.437 e. The van der Waals surface area contributed by atoms with Crippen LogP contribution in [0.3, 0.4) is 0 Å². The standard InChI is InChI=1S/C20H25N3O3/c1-15(2)8-7-9-16(3)12-13-21-18(24)14-23-20(25)26-19(22-23)17-10-5-4-6-11-17/h4-6,8,10-12H,7,9,13-14H2,1-3H3,(H,21,24).